The minimum absolute atomic E-state index is 0.0259. The first-order valence-electron chi connectivity index (χ1n) is 9.59. The van der Waals surface area contributed by atoms with Gasteiger partial charge in [0.25, 0.3) is 0 Å². The van der Waals surface area contributed by atoms with Crippen molar-refractivity contribution in [1.82, 2.24) is 0 Å². The first-order chi connectivity index (χ1) is 13.1. The van der Waals surface area contributed by atoms with E-state index in [1.807, 2.05) is 0 Å². The van der Waals surface area contributed by atoms with Crippen molar-refractivity contribution < 1.29 is 28.3 Å². The topological polar surface area (TPSA) is 121 Å². The predicted molar refractivity (Wildman–Crippen MR) is 100.0 cm³/mol. The summed E-state index contributed by atoms with van der Waals surface area (Å²) in [5.41, 5.74) is 5.62. The maximum absolute atomic E-state index is 12.4. The Bertz CT molecular complexity index is 739. The molecule has 0 saturated heterocycles. The maximum atomic E-state index is 12.4. The molecule has 2 bridgehead atoms. The van der Waals surface area contributed by atoms with E-state index in [-0.39, 0.29) is 29.9 Å². The average molecular weight is 392 g/mol. The smallest absolute Gasteiger partial charge is 0.333 e. The molecule has 0 radical (unpaired) electrons. The summed E-state index contributed by atoms with van der Waals surface area (Å²) >= 11 is 0. The summed E-state index contributed by atoms with van der Waals surface area (Å²) in [6.45, 7) is 6.14. The molecule has 1 heterocycles. The number of nitrogens with two attached hydrogens (primary N) is 1. The first-order valence-corrected chi connectivity index (χ1v) is 9.59. The van der Waals surface area contributed by atoms with Crippen molar-refractivity contribution in [3.63, 3.8) is 0 Å². The molecule has 1 aromatic heterocycles. The van der Waals surface area contributed by atoms with E-state index in [4.69, 9.17) is 14.9 Å². The minimum atomic E-state index is -1.26. The van der Waals surface area contributed by atoms with Crippen LogP contribution in [0.5, 0.6) is 0 Å². The van der Waals surface area contributed by atoms with Crippen LogP contribution in [0.25, 0.3) is 0 Å². The molecule has 0 amide bonds. The van der Waals surface area contributed by atoms with Crippen molar-refractivity contribution in [1.29, 1.82) is 0 Å². The molecule has 2 aliphatic carbocycles. The van der Waals surface area contributed by atoms with Crippen LogP contribution in [0.2, 0.25) is 0 Å². The lowest BCUT2D eigenvalue weighted by molar-refractivity contribution is -0.169. The fourth-order valence-corrected chi connectivity index (χ4v) is 4.76. The van der Waals surface area contributed by atoms with Crippen molar-refractivity contribution in [3.8, 4) is 0 Å². The molecular weight excluding hydrogens is 364 g/mol. The lowest BCUT2D eigenvalue weighted by Gasteiger charge is -2.41. The lowest BCUT2D eigenvalue weighted by atomic mass is 9.70. The van der Waals surface area contributed by atoms with E-state index in [1.54, 1.807) is 12.1 Å². The van der Waals surface area contributed by atoms with Gasteiger partial charge in [0.05, 0.1) is 12.7 Å². The highest BCUT2D eigenvalue weighted by Gasteiger charge is 2.61. The molecule has 0 aliphatic heterocycles. The normalized spacial score (nSPS) is 28.6. The summed E-state index contributed by atoms with van der Waals surface area (Å²) in [6.07, 6.45) is 4.14. The zero-order valence-electron chi connectivity index (χ0n) is 16.5. The summed E-state index contributed by atoms with van der Waals surface area (Å²) in [5.74, 6) is -1.40. The van der Waals surface area contributed by atoms with E-state index in [0.29, 0.717) is 11.8 Å². The summed E-state index contributed by atoms with van der Waals surface area (Å²) in [4.78, 5) is 36.1. The summed E-state index contributed by atoms with van der Waals surface area (Å²) in [6, 6.07) is 2.02. The number of nitrogens with one attached hydrogen (secondary N) is 1. The second-order valence-corrected chi connectivity index (χ2v) is 8.72. The van der Waals surface area contributed by atoms with Gasteiger partial charge in [-0.3, -0.25) is 4.79 Å². The molecule has 0 aromatic carbocycles. The molecule has 3 unspecified atom stereocenters. The van der Waals surface area contributed by atoms with Crippen LogP contribution in [0.15, 0.2) is 22.8 Å². The van der Waals surface area contributed by atoms with Crippen molar-refractivity contribution in [2.75, 3.05) is 11.9 Å². The van der Waals surface area contributed by atoms with E-state index in [1.165, 1.54) is 6.26 Å². The van der Waals surface area contributed by atoms with Crippen molar-refractivity contribution in [2.24, 2.45) is 22.5 Å². The summed E-state index contributed by atoms with van der Waals surface area (Å²) < 4.78 is 15.4. The molecule has 28 heavy (non-hydrogen) atoms. The van der Waals surface area contributed by atoms with Gasteiger partial charge in [0.15, 0.2) is 5.88 Å². The summed E-state index contributed by atoms with van der Waals surface area (Å²) in [7, 11) is 0. The molecule has 2 fully saturated rings. The number of carbonyl (C=O) groups is 3. The third-order valence-corrected chi connectivity index (χ3v) is 6.22. The molecular formula is C20H28N2O6. The Balaban J connectivity index is 1.46. The van der Waals surface area contributed by atoms with E-state index in [0.717, 1.165) is 19.3 Å². The number of hydrogen-bond acceptors (Lipinski definition) is 8. The van der Waals surface area contributed by atoms with Gasteiger partial charge in [-0.1, -0.05) is 20.8 Å². The SMILES string of the molecule is CC12CCC(C1)C(C)(C)C2OC(=O)C[C@H](N)C(=O)OC(=O)CNc1ccco1. The third-order valence-electron chi connectivity index (χ3n) is 6.22. The number of fused-ring (bicyclic) bond motifs is 2. The van der Waals surface area contributed by atoms with Crippen molar-refractivity contribution in [2.45, 2.75) is 58.6 Å². The molecule has 8 nitrogen and oxygen atoms in total. The van der Waals surface area contributed by atoms with Crippen LogP contribution in [0, 0.1) is 16.7 Å². The van der Waals surface area contributed by atoms with Crippen molar-refractivity contribution in [3.05, 3.63) is 18.4 Å². The van der Waals surface area contributed by atoms with Gasteiger partial charge in [-0.05, 0) is 31.2 Å². The molecule has 2 saturated carbocycles. The zero-order valence-corrected chi connectivity index (χ0v) is 16.5. The lowest BCUT2D eigenvalue weighted by Crippen LogP contribution is -2.45. The van der Waals surface area contributed by atoms with Crippen molar-refractivity contribution >= 4 is 23.8 Å². The van der Waals surface area contributed by atoms with E-state index in [9.17, 15) is 14.4 Å². The molecule has 2 aliphatic rings. The van der Waals surface area contributed by atoms with Crippen LogP contribution in [0.1, 0.15) is 46.5 Å². The maximum Gasteiger partial charge on any atom is 0.333 e. The zero-order chi connectivity index (χ0) is 20.5. The third kappa shape index (κ3) is 4.06. The van der Waals surface area contributed by atoms with Crippen LogP contribution in [0.4, 0.5) is 5.88 Å². The Labute approximate surface area is 164 Å². The van der Waals surface area contributed by atoms with Gasteiger partial charge in [0, 0.05) is 16.9 Å². The number of furan rings is 1. The van der Waals surface area contributed by atoms with Gasteiger partial charge < -0.3 is 24.9 Å². The van der Waals surface area contributed by atoms with Gasteiger partial charge in [0.2, 0.25) is 0 Å². The van der Waals surface area contributed by atoms with Gasteiger partial charge in [-0.25, -0.2) is 9.59 Å². The molecule has 3 N–H and O–H groups in total. The van der Waals surface area contributed by atoms with Crippen LogP contribution in [0.3, 0.4) is 0 Å². The van der Waals surface area contributed by atoms with Crippen LogP contribution in [-0.2, 0) is 23.9 Å². The Hall–Kier alpha value is -2.35. The van der Waals surface area contributed by atoms with Crippen LogP contribution >= 0.6 is 0 Å². The standard InChI is InChI=1S/C20H28N2O6/c1-19(2)12-6-7-20(3,10-12)18(19)28-15(23)9-13(21)17(25)27-16(24)11-22-14-5-4-8-26-14/h4-5,8,12-13,18,22H,6-7,9-11,21H2,1-3H3/t12?,13-,18?,20?/m0/s1. The van der Waals surface area contributed by atoms with Gasteiger partial charge in [0.1, 0.15) is 18.7 Å². The Morgan fingerprint density at radius 1 is 1.32 bits per heavy atom. The quantitative estimate of drug-likeness (QED) is 0.535. The Morgan fingerprint density at radius 2 is 2.07 bits per heavy atom. The van der Waals surface area contributed by atoms with E-state index < -0.39 is 23.9 Å². The largest absolute Gasteiger partial charge is 0.461 e. The highest BCUT2D eigenvalue weighted by Crippen LogP contribution is 2.63. The average Bonchev–Trinajstić information content (AvgIpc) is 3.30. The fourth-order valence-electron chi connectivity index (χ4n) is 4.76. The second kappa shape index (κ2) is 7.58. The first kappa shape index (κ1) is 20.4. The summed E-state index contributed by atoms with van der Waals surface area (Å²) in [5, 5.41) is 2.66. The number of hydrogen-bond donors (Lipinski definition) is 2. The molecule has 154 valence electrons. The van der Waals surface area contributed by atoms with Crippen LogP contribution in [-0.4, -0.2) is 36.6 Å². The molecule has 4 atom stereocenters. The number of esters is 3. The molecule has 3 rings (SSSR count). The minimum Gasteiger partial charge on any atom is -0.461 e. The number of rotatable bonds is 7. The number of ether oxygens (including phenoxy) is 2. The Kier molecular flexibility index (Phi) is 5.52. The number of anilines is 1. The monoisotopic (exact) mass is 392 g/mol. The van der Waals surface area contributed by atoms with Crippen LogP contribution < -0.4 is 11.1 Å². The van der Waals surface area contributed by atoms with Gasteiger partial charge >= 0.3 is 17.9 Å². The van der Waals surface area contributed by atoms with Gasteiger partial charge in [-0.2, -0.15) is 0 Å². The highest BCUT2D eigenvalue weighted by molar-refractivity contribution is 5.92. The molecule has 0 spiro atoms. The number of carbonyl (C=O) groups excluding carboxylic acids is 3. The predicted octanol–water partition coefficient (Wildman–Crippen LogP) is 2.24. The van der Waals surface area contributed by atoms with Gasteiger partial charge in [-0.15, -0.1) is 0 Å². The van der Waals surface area contributed by atoms with E-state index >= 15 is 0 Å². The second-order valence-electron chi connectivity index (χ2n) is 8.72. The molecule has 8 heteroatoms. The van der Waals surface area contributed by atoms with E-state index in [2.05, 4.69) is 30.8 Å². The Morgan fingerprint density at radius 3 is 2.68 bits per heavy atom. The molecule has 1 aromatic rings. The highest BCUT2D eigenvalue weighted by atomic mass is 16.6. The fraction of sp³-hybridized carbons (Fsp3) is 0.650.